The topological polar surface area (TPSA) is 100.0 Å². The zero-order valence-electron chi connectivity index (χ0n) is 17.5. The molecule has 166 valence electrons. The number of aromatic carboxylic acids is 1. The minimum Gasteiger partial charge on any atom is -0.476 e. The normalized spacial score (nSPS) is 21.8. The number of carbonyl (C=O) groups is 2. The summed E-state index contributed by atoms with van der Waals surface area (Å²) in [6.07, 6.45) is 8.31. The van der Waals surface area contributed by atoms with Gasteiger partial charge in [0.1, 0.15) is 6.61 Å². The Hall–Kier alpha value is -1.58. The lowest BCUT2D eigenvalue weighted by Gasteiger charge is -2.45. The molecular formula is C21H30N2O5S2. The molecule has 1 aromatic heterocycles. The zero-order valence-corrected chi connectivity index (χ0v) is 19.1. The number of carboxylic acid groups (broad SMARTS) is 1. The van der Waals surface area contributed by atoms with Crippen LogP contribution in [0.5, 0.6) is 0 Å². The van der Waals surface area contributed by atoms with Crippen molar-refractivity contribution in [2.75, 3.05) is 18.9 Å². The molecule has 2 aliphatic rings. The molecule has 1 amide bonds. The molecule has 2 unspecified atom stereocenters. The summed E-state index contributed by atoms with van der Waals surface area (Å²) in [6.45, 7) is 5.17. The van der Waals surface area contributed by atoms with Crippen LogP contribution in [0.1, 0.15) is 56.4 Å². The van der Waals surface area contributed by atoms with Crippen molar-refractivity contribution in [3.05, 3.63) is 23.2 Å². The van der Waals surface area contributed by atoms with E-state index in [0.717, 1.165) is 32.1 Å². The van der Waals surface area contributed by atoms with E-state index in [2.05, 4.69) is 18.8 Å². The van der Waals surface area contributed by atoms with Crippen LogP contribution < -0.4 is 0 Å². The first-order chi connectivity index (χ1) is 14.3. The van der Waals surface area contributed by atoms with Crippen LogP contribution in [0.25, 0.3) is 0 Å². The summed E-state index contributed by atoms with van der Waals surface area (Å²) in [5.41, 5.74) is 0.0257. The molecule has 0 spiro atoms. The van der Waals surface area contributed by atoms with E-state index in [4.69, 9.17) is 9.84 Å². The highest BCUT2D eigenvalue weighted by Gasteiger charge is 2.42. The number of aliphatic hydroxyl groups excluding tert-OH is 1. The van der Waals surface area contributed by atoms with Crippen LogP contribution >= 0.6 is 23.1 Å². The Labute approximate surface area is 185 Å². The highest BCUT2D eigenvalue weighted by molar-refractivity contribution is 8.01. The number of hydrogen-bond donors (Lipinski definition) is 2. The van der Waals surface area contributed by atoms with E-state index in [1.54, 1.807) is 4.90 Å². The lowest BCUT2D eigenvalue weighted by Crippen LogP contribution is -2.41. The largest absolute Gasteiger partial charge is 0.476 e. The van der Waals surface area contributed by atoms with Gasteiger partial charge in [0.05, 0.1) is 12.1 Å². The maximum absolute atomic E-state index is 12.1. The first kappa shape index (κ1) is 23.1. The van der Waals surface area contributed by atoms with E-state index >= 15 is 0 Å². The Morgan fingerprint density at radius 3 is 2.87 bits per heavy atom. The van der Waals surface area contributed by atoms with Gasteiger partial charge >= 0.3 is 12.1 Å². The summed E-state index contributed by atoms with van der Waals surface area (Å²) < 4.78 is 5.87. The van der Waals surface area contributed by atoms with E-state index in [-0.39, 0.29) is 29.9 Å². The summed E-state index contributed by atoms with van der Waals surface area (Å²) >= 11 is 2.70. The molecule has 0 bridgehead atoms. The van der Waals surface area contributed by atoms with Crippen molar-refractivity contribution in [2.24, 2.45) is 11.3 Å². The summed E-state index contributed by atoms with van der Waals surface area (Å²) in [7, 11) is 0. The van der Waals surface area contributed by atoms with Gasteiger partial charge < -0.3 is 14.9 Å². The van der Waals surface area contributed by atoms with Crippen molar-refractivity contribution in [3.8, 4) is 0 Å². The lowest BCUT2D eigenvalue weighted by atomic mass is 9.62. The number of rotatable bonds is 11. The summed E-state index contributed by atoms with van der Waals surface area (Å²) in [5, 5.41) is 21.3. The van der Waals surface area contributed by atoms with Gasteiger partial charge in [-0.05, 0) is 30.6 Å². The van der Waals surface area contributed by atoms with Gasteiger partial charge in [0.15, 0.2) is 10.0 Å². The molecule has 1 saturated carbocycles. The highest BCUT2D eigenvalue weighted by atomic mass is 32.2. The molecule has 9 heteroatoms. The van der Waals surface area contributed by atoms with Crippen LogP contribution in [-0.2, 0) is 4.74 Å². The van der Waals surface area contributed by atoms with Crippen molar-refractivity contribution in [2.45, 2.75) is 62.4 Å². The second-order valence-electron chi connectivity index (χ2n) is 8.47. The van der Waals surface area contributed by atoms with E-state index in [0.29, 0.717) is 22.6 Å². The van der Waals surface area contributed by atoms with Crippen LogP contribution in [0.2, 0.25) is 0 Å². The van der Waals surface area contributed by atoms with Crippen LogP contribution in [-0.4, -0.2) is 63.2 Å². The first-order valence-electron chi connectivity index (χ1n) is 10.4. The number of aliphatic hydroxyl groups is 1. The number of cyclic esters (lactones) is 1. The van der Waals surface area contributed by atoms with E-state index in [9.17, 15) is 14.7 Å². The fourth-order valence-electron chi connectivity index (χ4n) is 3.87. The molecule has 0 radical (unpaired) electrons. The Morgan fingerprint density at radius 2 is 2.27 bits per heavy atom. The van der Waals surface area contributed by atoms with E-state index < -0.39 is 12.1 Å². The van der Waals surface area contributed by atoms with Gasteiger partial charge in [0.2, 0.25) is 0 Å². The molecule has 1 aliphatic carbocycles. The molecule has 2 heterocycles. The van der Waals surface area contributed by atoms with Crippen molar-refractivity contribution >= 4 is 35.2 Å². The molecule has 2 N–H and O–H groups in total. The number of thiazole rings is 1. The molecule has 7 nitrogen and oxygen atoms in total. The van der Waals surface area contributed by atoms with E-state index in [1.165, 1.54) is 28.5 Å². The second kappa shape index (κ2) is 10.2. The average molecular weight is 455 g/mol. The zero-order chi connectivity index (χ0) is 21.7. The number of aromatic nitrogens is 1. The minimum atomic E-state index is -1.04. The number of carboxylic acids is 1. The van der Waals surface area contributed by atoms with E-state index in [1.807, 2.05) is 12.2 Å². The molecule has 2 atom stereocenters. The monoisotopic (exact) mass is 454 g/mol. The molecule has 1 saturated heterocycles. The van der Waals surface area contributed by atoms with Gasteiger partial charge in [0, 0.05) is 17.7 Å². The van der Waals surface area contributed by atoms with Crippen molar-refractivity contribution < 1.29 is 24.5 Å². The molecule has 1 aromatic rings. The Morgan fingerprint density at radius 1 is 1.50 bits per heavy atom. The maximum atomic E-state index is 12.1. The Balaban J connectivity index is 1.52. The average Bonchev–Trinajstić information content (AvgIpc) is 3.26. The number of carbonyl (C=O) groups excluding carboxylic acids is 1. The Kier molecular flexibility index (Phi) is 7.81. The maximum Gasteiger partial charge on any atom is 0.410 e. The number of amides is 1. The van der Waals surface area contributed by atoms with Gasteiger partial charge in [-0.2, -0.15) is 0 Å². The van der Waals surface area contributed by atoms with Gasteiger partial charge in [-0.25, -0.2) is 14.6 Å². The van der Waals surface area contributed by atoms with Gasteiger partial charge in [-0.1, -0.05) is 50.6 Å². The fourth-order valence-corrected chi connectivity index (χ4v) is 5.68. The van der Waals surface area contributed by atoms with Crippen LogP contribution in [0.15, 0.2) is 21.9 Å². The molecule has 2 fully saturated rings. The molecule has 0 aromatic carbocycles. The number of thioether (sulfide) groups is 1. The quantitative estimate of drug-likeness (QED) is 0.380. The van der Waals surface area contributed by atoms with Crippen LogP contribution in [0.4, 0.5) is 4.79 Å². The van der Waals surface area contributed by atoms with Crippen LogP contribution in [0, 0.1) is 11.3 Å². The Bertz CT molecular complexity index is 775. The predicted octanol–water partition coefficient (Wildman–Crippen LogP) is 4.28. The second-order valence-corrected chi connectivity index (χ2v) is 10.7. The van der Waals surface area contributed by atoms with Gasteiger partial charge in [0.25, 0.3) is 0 Å². The third kappa shape index (κ3) is 5.56. The standard InChI is InChI=1S/C21H30N2O5S2/c1-14(2)6-9-21(7-3-8-21)17(24)5-4-15-12-28-20(27)23(15)10-11-29-19-22-16(13-30-19)18(25)26/h4-5,13-15,17,24H,3,6-12H2,1-2H3,(H,25,26). The van der Waals surface area contributed by atoms with Gasteiger partial charge in [-0.3, -0.25) is 4.90 Å². The number of hydrogen-bond acceptors (Lipinski definition) is 7. The smallest absolute Gasteiger partial charge is 0.410 e. The lowest BCUT2D eigenvalue weighted by molar-refractivity contribution is -0.0164. The molecule has 1 aliphatic heterocycles. The molecule has 30 heavy (non-hydrogen) atoms. The third-order valence-corrected chi connectivity index (χ3v) is 7.99. The summed E-state index contributed by atoms with van der Waals surface area (Å²) in [5.74, 6) is 0.173. The molecular weight excluding hydrogens is 424 g/mol. The molecule has 3 rings (SSSR count). The van der Waals surface area contributed by atoms with Crippen LogP contribution in [0.3, 0.4) is 0 Å². The third-order valence-electron chi connectivity index (χ3n) is 5.98. The summed E-state index contributed by atoms with van der Waals surface area (Å²) in [6, 6.07) is -0.194. The SMILES string of the molecule is CC(C)CCC1(C(O)C=CC2COC(=O)N2CCSc2nc(C(=O)O)cs2)CCC1. The minimum absolute atomic E-state index is 0.0163. The fraction of sp³-hybridized carbons (Fsp3) is 0.667. The first-order valence-corrected chi connectivity index (χ1v) is 12.3. The number of nitrogens with zero attached hydrogens (tertiary/aromatic N) is 2. The predicted molar refractivity (Wildman–Crippen MR) is 117 cm³/mol. The van der Waals surface area contributed by atoms with Crippen molar-refractivity contribution in [3.63, 3.8) is 0 Å². The van der Waals surface area contributed by atoms with Crippen molar-refractivity contribution in [1.29, 1.82) is 0 Å². The number of ether oxygens (including phenoxy) is 1. The van der Waals surface area contributed by atoms with Crippen molar-refractivity contribution in [1.82, 2.24) is 9.88 Å². The van der Waals surface area contributed by atoms with Gasteiger partial charge in [-0.15, -0.1) is 11.3 Å². The summed E-state index contributed by atoms with van der Waals surface area (Å²) in [4.78, 5) is 28.7. The highest BCUT2D eigenvalue weighted by Crippen LogP contribution is 2.48.